The number of ketones is 1. The molecule has 4 aromatic rings. The lowest BCUT2D eigenvalue weighted by atomic mass is 9.62. The van der Waals surface area contributed by atoms with E-state index in [1.54, 1.807) is 60.3 Å². The number of benzene rings is 3. The largest absolute Gasteiger partial charge is 0.466 e. The number of hydrogen-bond acceptors (Lipinski definition) is 6. The molecule has 0 saturated heterocycles. The molecule has 3 aromatic carbocycles. The van der Waals surface area contributed by atoms with E-state index < -0.39 is 29.2 Å². The summed E-state index contributed by atoms with van der Waals surface area (Å²) in [6.45, 7) is 2.24. The molecule has 0 radical (unpaired) electrons. The van der Waals surface area contributed by atoms with E-state index in [0.717, 1.165) is 5.56 Å². The van der Waals surface area contributed by atoms with Crippen LogP contribution in [0.25, 0.3) is 0 Å². The van der Waals surface area contributed by atoms with Crippen LogP contribution in [0, 0.1) is 5.92 Å². The first-order valence-electron chi connectivity index (χ1n) is 11.6. The molecule has 5 rings (SSSR count). The highest BCUT2D eigenvalue weighted by Crippen LogP contribution is 2.50. The number of hydrogen-bond donors (Lipinski definition) is 1. The summed E-state index contributed by atoms with van der Waals surface area (Å²) in [5.74, 6) is -3.14. The van der Waals surface area contributed by atoms with Crippen LogP contribution in [0.5, 0.6) is 0 Å². The van der Waals surface area contributed by atoms with Crippen molar-refractivity contribution in [1.82, 2.24) is 15.0 Å². The Morgan fingerprint density at radius 3 is 2.37 bits per heavy atom. The van der Waals surface area contributed by atoms with E-state index in [4.69, 9.17) is 4.74 Å². The van der Waals surface area contributed by atoms with Gasteiger partial charge in [0.25, 0.3) is 0 Å². The zero-order valence-corrected chi connectivity index (χ0v) is 19.2. The van der Waals surface area contributed by atoms with Crippen LogP contribution in [-0.4, -0.2) is 38.5 Å². The Morgan fingerprint density at radius 2 is 1.66 bits per heavy atom. The number of carbonyl (C=O) groups excluding carboxylic acids is 2. The average Bonchev–Trinajstić information content (AvgIpc) is 3.34. The van der Waals surface area contributed by atoms with Gasteiger partial charge in [-0.3, -0.25) is 9.59 Å². The molecular weight excluding hydrogens is 442 g/mol. The molecule has 1 aliphatic rings. The van der Waals surface area contributed by atoms with E-state index in [0.29, 0.717) is 28.9 Å². The van der Waals surface area contributed by atoms with Gasteiger partial charge in [0.05, 0.1) is 25.0 Å². The van der Waals surface area contributed by atoms with Crippen molar-refractivity contribution in [3.05, 3.63) is 119 Å². The number of aromatic nitrogens is 3. The highest BCUT2D eigenvalue weighted by Gasteiger charge is 2.58. The van der Waals surface area contributed by atoms with Gasteiger partial charge in [-0.15, -0.1) is 5.10 Å². The number of nitrogens with zero attached hydrogens (tertiary/aromatic N) is 3. The third-order valence-corrected chi connectivity index (χ3v) is 6.57. The van der Waals surface area contributed by atoms with Gasteiger partial charge in [-0.05, 0) is 23.6 Å². The Bertz CT molecular complexity index is 1350. The number of carbonyl (C=O) groups is 2. The van der Waals surface area contributed by atoms with Crippen LogP contribution >= 0.6 is 0 Å². The molecule has 0 amide bonds. The topological polar surface area (TPSA) is 94.3 Å². The van der Waals surface area contributed by atoms with Gasteiger partial charge in [-0.1, -0.05) is 90.1 Å². The van der Waals surface area contributed by atoms with Crippen molar-refractivity contribution in [2.24, 2.45) is 5.92 Å². The lowest BCUT2D eigenvalue weighted by Crippen LogP contribution is -2.53. The molecule has 1 heterocycles. The average molecular weight is 468 g/mol. The fraction of sp³-hybridized carbons (Fsp3) is 0.214. The molecule has 1 aromatic heterocycles. The molecule has 1 aliphatic carbocycles. The molecule has 1 N–H and O–H groups in total. The predicted molar refractivity (Wildman–Crippen MR) is 129 cm³/mol. The Labute approximate surface area is 203 Å². The van der Waals surface area contributed by atoms with Gasteiger partial charge in [0, 0.05) is 11.5 Å². The first kappa shape index (κ1) is 22.7. The first-order chi connectivity index (χ1) is 17.1. The lowest BCUT2D eigenvalue weighted by Gasteiger charge is -2.43. The van der Waals surface area contributed by atoms with Crippen molar-refractivity contribution in [1.29, 1.82) is 0 Å². The third kappa shape index (κ3) is 3.84. The highest BCUT2D eigenvalue weighted by atomic mass is 16.5. The summed E-state index contributed by atoms with van der Waals surface area (Å²) in [7, 11) is 0. The molecule has 3 atom stereocenters. The van der Waals surface area contributed by atoms with E-state index in [2.05, 4.69) is 10.3 Å². The minimum Gasteiger partial charge on any atom is -0.466 e. The fourth-order valence-corrected chi connectivity index (χ4v) is 5.00. The van der Waals surface area contributed by atoms with Crippen LogP contribution in [0.3, 0.4) is 0 Å². The summed E-state index contributed by atoms with van der Waals surface area (Å²) >= 11 is 0. The van der Waals surface area contributed by atoms with Crippen molar-refractivity contribution in [3.8, 4) is 0 Å². The smallest absolute Gasteiger partial charge is 0.313 e. The Hall–Kier alpha value is -4.10. The predicted octanol–water partition coefficient (Wildman–Crippen LogP) is 3.72. The van der Waals surface area contributed by atoms with Crippen LogP contribution in [-0.2, 0) is 21.7 Å². The maximum absolute atomic E-state index is 13.9. The minimum absolute atomic E-state index is 0.115. The van der Waals surface area contributed by atoms with Crippen molar-refractivity contribution < 1.29 is 19.4 Å². The molecule has 0 bridgehead atoms. The Kier molecular flexibility index (Phi) is 6.01. The summed E-state index contributed by atoms with van der Waals surface area (Å²) in [5.41, 5.74) is 0.815. The number of rotatable bonds is 6. The van der Waals surface area contributed by atoms with Gasteiger partial charge >= 0.3 is 5.97 Å². The summed E-state index contributed by atoms with van der Waals surface area (Å²) in [4.78, 5) is 27.4. The van der Waals surface area contributed by atoms with Gasteiger partial charge in [-0.2, -0.15) is 0 Å². The molecule has 7 heteroatoms. The van der Waals surface area contributed by atoms with Gasteiger partial charge in [0.15, 0.2) is 11.4 Å². The maximum atomic E-state index is 13.9. The van der Waals surface area contributed by atoms with Crippen LogP contribution in [0.2, 0.25) is 0 Å². The van der Waals surface area contributed by atoms with Crippen LogP contribution in [0.1, 0.15) is 45.6 Å². The molecular formula is C28H25N3O4. The molecule has 0 unspecified atom stereocenters. The summed E-state index contributed by atoms with van der Waals surface area (Å²) in [6, 6.07) is 25.4. The van der Waals surface area contributed by atoms with Crippen LogP contribution in [0.15, 0.2) is 91.1 Å². The second-order valence-corrected chi connectivity index (χ2v) is 8.56. The van der Waals surface area contributed by atoms with Crippen molar-refractivity contribution in [3.63, 3.8) is 0 Å². The van der Waals surface area contributed by atoms with E-state index in [1.165, 1.54) is 0 Å². The number of esters is 1. The maximum Gasteiger partial charge on any atom is 0.313 e. The second-order valence-electron chi connectivity index (χ2n) is 8.56. The fourth-order valence-electron chi connectivity index (χ4n) is 5.00. The molecule has 0 aliphatic heterocycles. The van der Waals surface area contributed by atoms with Crippen molar-refractivity contribution in [2.45, 2.75) is 25.0 Å². The Morgan fingerprint density at radius 1 is 1.00 bits per heavy atom. The van der Waals surface area contributed by atoms with Crippen molar-refractivity contribution in [2.75, 3.05) is 6.61 Å². The van der Waals surface area contributed by atoms with Crippen LogP contribution < -0.4 is 0 Å². The van der Waals surface area contributed by atoms with Gasteiger partial charge in [0.1, 0.15) is 5.92 Å². The SMILES string of the molecule is CCOC(=O)[C@H]1[C@H](c2cnnn2Cc2ccccc2)c2ccccc2C(=O)[C@]1(O)c1ccccc1. The zero-order valence-electron chi connectivity index (χ0n) is 19.2. The number of fused-ring (bicyclic) bond motifs is 1. The second kappa shape index (κ2) is 9.27. The third-order valence-electron chi connectivity index (χ3n) is 6.57. The van der Waals surface area contributed by atoms with E-state index >= 15 is 0 Å². The molecule has 35 heavy (non-hydrogen) atoms. The highest BCUT2D eigenvalue weighted by molar-refractivity contribution is 6.08. The number of aliphatic hydroxyl groups is 1. The monoisotopic (exact) mass is 467 g/mol. The molecule has 7 nitrogen and oxygen atoms in total. The minimum atomic E-state index is -2.13. The van der Waals surface area contributed by atoms with E-state index in [-0.39, 0.29) is 6.61 Å². The quantitative estimate of drug-likeness (QED) is 0.435. The zero-order chi connectivity index (χ0) is 24.4. The summed E-state index contributed by atoms with van der Waals surface area (Å²) in [6.07, 6.45) is 1.60. The molecule has 0 saturated carbocycles. The summed E-state index contributed by atoms with van der Waals surface area (Å²) < 4.78 is 7.16. The lowest BCUT2D eigenvalue weighted by molar-refractivity contribution is -0.157. The Balaban J connectivity index is 1.74. The first-order valence-corrected chi connectivity index (χ1v) is 11.6. The normalized spacial score (nSPS) is 21.4. The van der Waals surface area contributed by atoms with Gasteiger partial charge < -0.3 is 9.84 Å². The standard InChI is InChI=1S/C28H25N3O4/c1-2-35-27(33)25-24(23-17-29-30-31(23)18-19-11-5-3-6-12-19)21-15-9-10-16-22(21)26(32)28(25,34)20-13-7-4-8-14-20/h3-17,24-25,34H,2,18H2,1H3/t24-,25+,28-/m0/s1. The van der Waals surface area contributed by atoms with Crippen LogP contribution in [0.4, 0.5) is 0 Å². The van der Waals surface area contributed by atoms with Gasteiger partial charge in [-0.25, -0.2) is 4.68 Å². The van der Waals surface area contributed by atoms with Gasteiger partial charge in [0.2, 0.25) is 0 Å². The number of ether oxygens (including phenoxy) is 1. The van der Waals surface area contributed by atoms with E-state index in [9.17, 15) is 14.7 Å². The number of Topliss-reactive ketones (excluding diaryl/α,β-unsaturated/α-hetero) is 1. The van der Waals surface area contributed by atoms with Crippen molar-refractivity contribution >= 4 is 11.8 Å². The molecule has 0 fully saturated rings. The molecule has 176 valence electrons. The van der Waals surface area contributed by atoms with E-state index in [1.807, 2.05) is 42.5 Å². The molecule has 0 spiro atoms. The summed E-state index contributed by atoms with van der Waals surface area (Å²) in [5, 5.41) is 20.6.